The predicted octanol–water partition coefficient (Wildman–Crippen LogP) is 4.07. The van der Waals surface area contributed by atoms with Crippen molar-refractivity contribution < 1.29 is 9.47 Å². The number of nitrogens with zero attached hydrogens (tertiary/aromatic N) is 3. The lowest BCUT2D eigenvalue weighted by molar-refractivity contribution is -0.169. The molecule has 0 unspecified atom stereocenters. The number of pyridine rings is 1. The molecule has 2 saturated heterocycles. The summed E-state index contributed by atoms with van der Waals surface area (Å²) < 4.78 is 12.7. The van der Waals surface area contributed by atoms with Gasteiger partial charge >= 0.3 is 0 Å². The van der Waals surface area contributed by atoms with Crippen molar-refractivity contribution in [3.63, 3.8) is 0 Å². The van der Waals surface area contributed by atoms with E-state index in [1.807, 2.05) is 0 Å². The van der Waals surface area contributed by atoms with Gasteiger partial charge in [-0.05, 0) is 40.6 Å². The first kappa shape index (κ1) is 17.5. The maximum absolute atomic E-state index is 9.37. The second-order valence-corrected chi connectivity index (χ2v) is 8.60. The number of anilines is 1. The van der Waals surface area contributed by atoms with E-state index in [4.69, 9.17) is 14.5 Å². The van der Waals surface area contributed by atoms with Gasteiger partial charge in [0.15, 0.2) is 5.79 Å². The molecule has 0 radical (unpaired) electrons. The molecule has 0 amide bonds. The number of fused-ring (bicyclic) bond motifs is 1. The molecule has 2 aliphatic heterocycles. The Morgan fingerprint density at radius 2 is 2.08 bits per heavy atom. The van der Waals surface area contributed by atoms with Gasteiger partial charge in [0.05, 0.1) is 16.8 Å². The summed E-state index contributed by atoms with van der Waals surface area (Å²) in [6.45, 7) is 5.37. The monoisotopic (exact) mass is 469 g/mol. The molecule has 25 heavy (non-hydrogen) atoms. The van der Waals surface area contributed by atoms with Crippen LogP contribution >= 0.6 is 33.9 Å². The van der Waals surface area contributed by atoms with Crippen LogP contribution in [-0.2, 0) is 15.9 Å². The number of hydrogen-bond donors (Lipinski definition) is 0. The number of rotatable bonds is 3. The summed E-state index contributed by atoms with van der Waals surface area (Å²) in [5.74, 6) is 0.657. The average Bonchev–Trinajstić information content (AvgIpc) is 3.20. The maximum Gasteiger partial charge on any atom is 0.171 e. The van der Waals surface area contributed by atoms with Crippen molar-refractivity contribution in [2.45, 2.75) is 38.4 Å². The predicted molar refractivity (Wildman–Crippen MR) is 107 cm³/mol. The highest BCUT2D eigenvalue weighted by Gasteiger charge is 2.40. The summed E-state index contributed by atoms with van der Waals surface area (Å²) in [7, 11) is 0. The Bertz CT molecular complexity index is 829. The molecular formula is C18H20IN3O2S. The topological polar surface area (TPSA) is 58.4 Å². The fourth-order valence-electron chi connectivity index (χ4n) is 3.68. The van der Waals surface area contributed by atoms with E-state index in [-0.39, 0.29) is 5.79 Å². The summed E-state index contributed by atoms with van der Waals surface area (Å²) in [5.41, 5.74) is 1.30. The number of hydrogen-bond acceptors (Lipinski definition) is 6. The molecule has 0 N–H and O–H groups in total. The molecule has 132 valence electrons. The largest absolute Gasteiger partial charge is 0.356 e. The van der Waals surface area contributed by atoms with Gasteiger partial charge in [-0.15, -0.1) is 11.3 Å². The van der Waals surface area contributed by atoms with E-state index in [0.717, 1.165) is 57.9 Å². The van der Waals surface area contributed by atoms with Crippen LogP contribution in [0.4, 0.5) is 5.82 Å². The van der Waals surface area contributed by atoms with Crippen LogP contribution in [0.3, 0.4) is 0 Å². The van der Waals surface area contributed by atoms with Crippen molar-refractivity contribution in [3.8, 4) is 6.07 Å². The molecule has 4 rings (SSSR count). The molecule has 0 atom stereocenters. The van der Waals surface area contributed by atoms with Gasteiger partial charge < -0.3 is 14.4 Å². The lowest BCUT2D eigenvalue weighted by Crippen LogP contribution is -2.45. The Balaban J connectivity index is 1.67. The third-order valence-corrected chi connectivity index (χ3v) is 7.39. The molecule has 2 aromatic rings. The number of thiophene rings is 1. The highest BCUT2D eigenvalue weighted by molar-refractivity contribution is 14.1. The van der Waals surface area contributed by atoms with Crippen molar-refractivity contribution in [3.05, 3.63) is 20.1 Å². The third-order valence-electron chi connectivity index (χ3n) is 4.96. The molecular weight excluding hydrogens is 449 g/mol. The summed E-state index contributed by atoms with van der Waals surface area (Å²) in [6, 6.07) is 4.53. The Morgan fingerprint density at radius 1 is 1.36 bits per heavy atom. The van der Waals surface area contributed by atoms with Crippen LogP contribution < -0.4 is 4.90 Å². The van der Waals surface area contributed by atoms with E-state index >= 15 is 0 Å². The number of ether oxygens (including phenoxy) is 2. The lowest BCUT2D eigenvalue weighted by atomic mass is 10.0. The Labute approximate surface area is 165 Å². The highest BCUT2D eigenvalue weighted by atomic mass is 127. The van der Waals surface area contributed by atoms with Gasteiger partial charge in [-0.25, -0.2) is 4.98 Å². The molecule has 0 aliphatic carbocycles. The van der Waals surface area contributed by atoms with Gasteiger partial charge in [0, 0.05) is 31.3 Å². The van der Waals surface area contributed by atoms with Crippen molar-refractivity contribution in [2.24, 2.45) is 0 Å². The molecule has 5 nitrogen and oxygen atoms in total. The maximum atomic E-state index is 9.37. The molecule has 2 aliphatic rings. The SMILES string of the molecule is CCCc1cc(N2CCC3(CC2)OCCO3)nc2sc(C#N)c(I)c12. The van der Waals surface area contributed by atoms with Crippen molar-refractivity contribution >= 4 is 50.0 Å². The second-order valence-electron chi connectivity index (χ2n) is 6.52. The molecule has 7 heteroatoms. The minimum absolute atomic E-state index is 0.362. The van der Waals surface area contributed by atoms with E-state index in [9.17, 15) is 5.26 Å². The number of nitriles is 1. The normalized spacial score (nSPS) is 19.6. The number of piperidine rings is 1. The Kier molecular flexibility index (Phi) is 4.88. The van der Waals surface area contributed by atoms with Gasteiger partial charge in [0.25, 0.3) is 0 Å². The van der Waals surface area contributed by atoms with Gasteiger partial charge in [-0.2, -0.15) is 5.26 Å². The highest BCUT2D eigenvalue weighted by Crippen LogP contribution is 2.38. The first-order chi connectivity index (χ1) is 12.2. The Hall–Kier alpha value is -0.950. The summed E-state index contributed by atoms with van der Waals surface area (Å²) >= 11 is 3.79. The lowest BCUT2D eigenvalue weighted by Gasteiger charge is -2.38. The third kappa shape index (κ3) is 3.14. The quantitative estimate of drug-likeness (QED) is 0.635. The summed E-state index contributed by atoms with van der Waals surface area (Å²) in [6.07, 6.45) is 3.84. The molecule has 1 spiro atoms. The standard InChI is InChI=1S/C18H20IN3O2S/c1-2-3-12-10-14(21-17-15(12)16(19)13(11-20)25-17)22-6-4-18(5-7-22)23-8-9-24-18/h10H,2-9H2,1H3. The molecule has 0 bridgehead atoms. The van der Waals surface area contributed by atoms with Crippen molar-refractivity contribution in [1.29, 1.82) is 5.26 Å². The number of halogens is 1. The average molecular weight is 469 g/mol. The minimum Gasteiger partial charge on any atom is -0.356 e. The van der Waals surface area contributed by atoms with Crippen LogP contribution in [0.1, 0.15) is 36.6 Å². The number of aryl methyl sites for hydroxylation is 1. The van der Waals surface area contributed by atoms with Crippen LogP contribution in [0, 0.1) is 14.9 Å². The van der Waals surface area contributed by atoms with Crippen LogP contribution in [0.15, 0.2) is 6.07 Å². The van der Waals surface area contributed by atoms with Gasteiger partial charge in [0.1, 0.15) is 21.6 Å². The molecule has 2 fully saturated rings. The van der Waals surface area contributed by atoms with Gasteiger partial charge in [-0.1, -0.05) is 13.3 Å². The van der Waals surface area contributed by atoms with E-state index in [2.05, 4.69) is 46.6 Å². The van der Waals surface area contributed by atoms with Crippen molar-refractivity contribution in [1.82, 2.24) is 4.98 Å². The van der Waals surface area contributed by atoms with Gasteiger partial charge in [-0.3, -0.25) is 0 Å². The zero-order valence-corrected chi connectivity index (χ0v) is 17.2. The molecule has 4 heterocycles. The molecule has 2 aromatic heterocycles. The minimum atomic E-state index is -0.362. The smallest absolute Gasteiger partial charge is 0.171 e. The fourth-order valence-corrected chi connectivity index (χ4v) is 5.82. The molecule has 0 aromatic carbocycles. The van der Waals surface area contributed by atoms with E-state index in [1.165, 1.54) is 22.3 Å². The van der Waals surface area contributed by atoms with Crippen LogP contribution in [0.25, 0.3) is 10.2 Å². The number of aromatic nitrogens is 1. The van der Waals surface area contributed by atoms with E-state index in [1.54, 1.807) is 0 Å². The summed E-state index contributed by atoms with van der Waals surface area (Å²) in [4.78, 5) is 8.97. The molecule has 0 saturated carbocycles. The van der Waals surface area contributed by atoms with E-state index in [0.29, 0.717) is 13.2 Å². The Morgan fingerprint density at radius 3 is 2.72 bits per heavy atom. The second kappa shape index (κ2) is 6.99. The first-order valence-electron chi connectivity index (χ1n) is 8.70. The van der Waals surface area contributed by atoms with Gasteiger partial charge in [0.2, 0.25) is 0 Å². The first-order valence-corrected chi connectivity index (χ1v) is 10.6. The van der Waals surface area contributed by atoms with E-state index < -0.39 is 0 Å². The van der Waals surface area contributed by atoms with Crippen LogP contribution in [0.5, 0.6) is 0 Å². The van der Waals surface area contributed by atoms with Crippen molar-refractivity contribution in [2.75, 3.05) is 31.2 Å². The zero-order chi connectivity index (χ0) is 17.4. The zero-order valence-electron chi connectivity index (χ0n) is 14.2. The van der Waals surface area contributed by atoms with Crippen LogP contribution in [0.2, 0.25) is 0 Å². The van der Waals surface area contributed by atoms with Crippen LogP contribution in [-0.4, -0.2) is 37.1 Å². The summed E-state index contributed by atoms with van der Waals surface area (Å²) in [5, 5.41) is 10.5. The fraction of sp³-hybridized carbons (Fsp3) is 0.556.